The SMILES string of the molecule is CC(CC(=O)Nc1cnn(C)c1Cl)Cc1cccc(F)c1. The van der Waals surface area contributed by atoms with Crippen LogP contribution in [-0.2, 0) is 18.3 Å². The van der Waals surface area contributed by atoms with Gasteiger partial charge >= 0.3 is 0 Å². The summed E-state index contributed by atoms with van der Waals surface area (Å²) >= 11 is 5.98. The third-order valence-electron chi connectivity index (χ3n) is 3.15. The first-order valence-corrected chi connectivity index (χ1v) is 7.05. The third-order valence-corrected chi connectivity index (χ3v) is 3.60. The zero-order chi connectivity index (χ0) is 15.4. The second-order valence-electron chi connectivity index (χ2n) is 5.16. The number of carbonyl (C=O) groups is 1. The number of nitrogens with zero attached hydrogens (tertiary/aromatic N) is 2. The Balaban J connectivity index is 1.89. The van der Waals surface area contributed by atoms with E-state index in [1.807, 2.05) is 13.0 Å². The standard InChI is InChI=1S/C15H17ClFN3O/c1-10(6-11-4-3-5-12(17)8-11)7-14(21)19-13-9-18-20(2)15(13)16/h3-5,8-10H,6-7H2,1-2H3,(H,19,21). The Labute approximate surface area is 127 Å². The molecule has 0 bridgehead atoms. The van der Waals surface area contributed by atoms with Crippen LogP contribution < -0.4 is 5.32 Å². The molecule has 0 aliphatic rings. The van der Waals surface area contributed by atoms with Crippen molar-refractivity contribution in [3.63, 3.8) is 0 Å². The largest absolute Gasteiger partial charge is 0.322 e. The molecule has 0 aliphatic heterocycles. The summed E-state index contributed by atoms with van der Waals surface area (Å²) < 4.78 is 14.6. The highest BCUT2D eigenvalue weighted by molar-refractivity contribution is 6.32. The molecule has 0 saturated heterocycles. The van der Waals surface area contributed by atoms with E-state index in [2.05, 4.69) is 10.4 Å². The fraction of sp³-hybridized carbons (Fsp3) is 0.333. The van der Waals surface area contributed by atoms with Gasteiger partial charge in [0.2, 0.25) is 5.91 Å². The molecule has 0 spiro atoms. The quantitative estimate of drug-likeness (QED) is 0.920. The molecule has 4 nitrogen and oxygen atoms in total. The van der Waals surface area contributed by atoms with Crippen molar-refractivity contribution in [1.29, 1.82) is 0 Å². The summed E-state index contributed by atoms with van der Waals surface area (Å²) in [4.78, 5) is 12.0. The molecule has 112 valence electrons. The van der Waals surface area contributed by atoms with Crippen molar-refractivity contribution in [2.24, 2.45) is 13.0 Å². The van der Waals surface area contributed by atoms with Gasteiger partial charge in [-0.3, -0.25) is 9.48 Å². The van der Waals surface area contributed by atoms with Gasteiger partial charge < -0.3 is 5.32 Å². The number of nitrogens with one attached hydrogen (secondary N) is 1. The minimum atomic E-state index is -0.258. The second-order valence-corrected chi connectivity index (χ2v) is 5.52. The van der Waals surface area contributed by atoms with Gasteiger partial charge in [0.15, 0.2) is 0 Å². The molecule has 0 saturated carbocycles. The highest BCUT2D eigenvalue weighted by atomic mass is 35.5. The lowest BCUT2D eigenvalue weighted by Crippen LogP contribution is -2.16. The summed E-state index contributed by atoms with van der Waals surface area (Å²) in [6.45, 7) is 1.95. The number of aryl methyl sites for hydroxylation is 1. The number of benzene rings is 1. The summed E-state index contributed by atoms with van der Waals surface area (Å²) in [5.41, 5.74) is 1.39. The van der Waals surface area contributed by atoms with Crippen molar-refractivity contribution in [3.8, 4) is 0 Å². The lowest BCUT2D eigenvalue weighted by Gasteiger charge is -2.11. The molecule has 2 rings (SSSR count). The molecule has 21 heavy (non-hydrogen) atoms. The normalized spacial score (nSPS) is 12.2. The maximum Gasteiger partial charge on any atom is 0.224 e. The maximum absolute atomic E-state index is 13.1. The number of hydrogen-bond acceptors (Lipinski definition) is 2. The predicted molar refractivity (Wildman–Crippen MR) is 80.7 cm³/mol. The Morgan fingerprint density at radius 1 is 1.52 bits per heavy atom. The van der Waals surface area contributed by atoms with Gasteiger partial charge in [-0.2, -0.15) is 5.10 Å². The molecule has 0 radical (unpaired) electrons. The Hall–Kier alpha value is -1.88. The topological polar surface area (TPSA) is 46.9 Å². The van der Waals surface area contributed by atoms with Gasteiger partial charge in [-0.15, -0.1) is 0 Å². The van der Waals surface area contributed by atoms with Crippen LogP contribution in [-0.4, -0.2) is 15.7 Å². The lowest BCUT2D eigenvalue weighted by atomic mass is 9.98. The van der Waals surface area contributed by atoms with Crippen molar-refractivity contribution in [1.82, 2.24) is 9.78 Å². The summed E-state index contributed by atoms with van der Waals surface area (Å²) in [6, 6.07) is 6.43. The second kappa shape index (κ2) is 6.72. The Morgan fingerprint density at radius 3 is 2.90 bits per heavy atom. The molecule has 2 aromatic rings. The summed E-state index contributed by atoms with van der Waals surface area (Å²) in [7, 11) is 1.70. The first kappa shape index (κ1) is 15.5. The van der Waals surface area contributed by atoms with E-state index in [1.54, 1.807) is 13.1 Å². The Bertz CT molecular complexity index is 642. The van der Waals surface area contributed by atoms with Gasteiger partial charge in [0.1, 0.15) is 11.0 Å². The first-order valence-electron chi connectivity index (χ1n) is 6.67. The van der Waals surface area contributed by atoms with E-state index in [4.69, 9.17) is 11.6 Å². The fourth-order valence-corrected chi connectivity index (χ4v) is 2.30. The van der Waals surface area contributed by atoms with E-state index >= 15 is 0 Å². The van der Waals surface area contributed by atoms with Gasteiger partial charge in [-0.05, 0) is 30.0 Å². The van der Waals surface area contributed by atoms with Gasteiger partial charge in [-0.25, -0.2) is 4.39 Å². The van der Waals surface area contributed by atoms with E-state index < -0.39 is 0 Å². The van der Waals surface area contributed by atoms with E-state index in [-0.39, 0.29) is 17.6 Å². The van der Waals surface area contributed by atoms with Crippen molar-refractivity contribution in [2.75, 3.05) is 5.32 Å². The number of amides is 1. The predicted octanol–water partition coefficient (Wildman–Crippen LogP) is 3.42. The summed E-state index contributed by atoms with van der Waals surface area (Å²) in [6.07, 6.45) is 2.49. The van der Waals surface area contributed by atoms with E-state index in [1.165, 1.54) is 23.0 Å². The molecule has 1 atom stereocenters. The Morgan fingerprint density at radius 2 is 2.29 bits per heavy atom. The van der Waals surface area contributed by atoms with Crippen LogP contribution in [0.4, 0.5) is 10.1 Å². The van der Waals surface area contributed by atoms with Gasteiger partial charge in [0.05, 0.1) is 11.9 Å². The maximum atomic E-state index is 13.1. The number of hydrogen-bond donors (Lipinski definition) is 1. The fourth-order valence-electron chi connectivity index (χ4n) is 2.16. The van der Waals surface area contributed by atoms with Crippen LogP contribution in [0.25, 0.3) is 0 Å². The molecular formula is C15H17ClFN3O. The molecule has 1 N–H and O–H groups in total. The van der Waals surface area contributed by atoms with E-state index in [0.29, 0.717) is 23.7 Å². The summed E-state index contributed by atoms with van der Waals surface area (Å²) in [5.74, 6) is -0.289. The van der Waals surface area contributed by atoms with Crippen LogP contribution in [0.5, 0.6) is 0 Å². The number of aromatic nitrogens is 2. The minimum Gasteiger partial charge on any atom is -0.322 e. The molecule has 1 heterocycles. The van der Waals surface area contributed by atoms with Crippen LogP contribution in [0, 0.1) is 11.7 Å². The molecule has 1 aromatic heterocycles. The Kier molecular flexibility index (Phi) is 4.96. The molecule has 0 fully saturated rings. The average molecular weight is 310 g/mol. The summed E-state index contributed by atoms with van der Waals surface area (Å²) in [5, 5.41) is 7.07. The smallest absolute Gasteiger partial charge is 0.224 e. The van der Waals surface area contributed by atoms with Crippen LogP contribution in [0.3, 0.4) is 0 Å². The lowest BCUT2D eigenvalue weighted by molar-refractivity contribution is -0.116. The van der Waals surface area contributed by atoms with Crippen molar-refractivity contribution in [2.45, 2.75) is 19.8 Å². The van der Waals surface area contributed by atoms with Crippen molar-refractivity contribution < 1.29 is 9.18 Å². The zero-order valence-corrected chi connectivity index (χ0v) is 12.7. The van der Waals surface area contributed by atoms with Gasteiger partial charge in [0, 0.05) is 13.5 Å². The molecule has 0 aliphatic carbocycles. The van der Waals surface area contributed by atoms with Crippen LogP contribution in [0.1, 0.15) is 18.9 Å². The highest BCUT2D eigenvalue weighted by Gasteiger charge is 2.13. The van der Waals surface area contributed by atoms with Crippen molar-refractivity contribution in [3.05, 3.63) is 47.0 Å². The van der Waals surface area contributed by atoms with E-state index in [0.717, 1.165) is 5.56 Å². The molecule has 6 heteroatoms. The number of anilines is 1. The third kappa shape index (κ3) is 4.29. The molecule has 1 aromatic carbocycles. The van der Waals surface area contributed by atoms with Gasteiger partial charge in [-0.1, -0.05) is 30.7 Å². The zero-order valence-electron chi connectivity index (χ0n) is 11.9. The monoisotopic (exact) mass is 309 g/mol. The van der Waals surface area contributed by atoms with Crippen molar-refractivity contribution >= 4 is 23.2 Å². The number of halogens is 2. The van der Waals surface area contributed by atoms with Crippen LogP contribution in [0.2, 0.25) is 5.15 Å². The number of carbonyl (C=O) groups excluding carboxylic acids is 1. The average Bonchev–Trinajstić information content (AvgIpc) is 2.70. The van der Waals surface area contributed by atoms with Crippen LogP contribution >= 0.6 is 11.6 Å². The number of rotatable bonds is 5. The minimum absolute atomic E-state index is 0.0993. The highest BCUT2D eigenvalue weighted by Crippen LogP contribution is 2.21. The molecule has 1 amide bonds. The first-order chi connectivity index (χ1) is 9.95. The van der Waals surface area contributed by atoms with E-state index in [9.17, 15) is 9.18 Å². The van der Waals surface area contributed by atoms with Gasteiger partial charge in [0.25, 0.3) is 0 Å². The molecule has 1 unspecified atom stereocenters. The van der Waals surface area contributed by atoms with Crippen LogP contribution in [0.15, 0.2) is 30.5 Å². The molecular weight excluding hydrogens is 293 g/mol.